The Labute approximate surface area is 178 Å². The molecule has 3 atom stereocenters. The number of hydrogen-bond acceptors (Lipinski definition) is 5. The predicted octanol–water partition coefficient (Wildman–Crippen LogP) is 0.200. The Balaban J connectivity index is 5.06. The number of carbonyl (C=O) groups excluding carboxylic acids is 5. The fourth-order valence-electron chi connectivity index (χ4n) is 2.91. The molecule has 0 rings (SSSR count). The molecule has 172 valence electrons. The Hall–Kier alpha value is -2.65. The molecule has 0 heterocycles. The second kappa shape index (κ2) is 14.4. The highest BCUT2D eigenvalue weighted by Crippen LogP contribution is 2.09. The van der Waals surface area contributed by atoms with Crippen molar-refractivity contribution in [2.75, 3.05) is 6.54 Å². The number of nitrogens with one attached hydrogen (secondary N) is 4. The topological polar surface area (TPSA) is 159 Å². The summed E-state index contributed by atoms with van der Waals surface area (Å²) in [5, 5.41) is 10.4. The first-order chi connectivity index (χ1) is 14.0. The van der Waals surface area contributed by atoms with E-state index in [4.69, 9.17) is 5.73 Å². The van der Waals surface area contributed by atoms with Crippen LogP contribution in [0.25, 0.3) is 0 Å². The number of urea groups is 1. The van der Waals surface area contributed by atoms with Gasteiger partial charge in [-0.3, -0.25) is 14.4 Å². The van der Waals surface area contributed by atoms with E-state index in [9.17, 15) is 24.0 Å². The quantitative estimate of drug-likeness (QED) is 0.197. The summed E-state index contributed by atoms with van der Waals surface area (Å²) in [6.45, 7) is 9.32. The Morgan fingerprint density at radius 3 is 1.80 bits per heavy atom. The fourth-order valence-corrected chi connectivity index (χ4v) is 2.91. The highest BCUT2D eigenvalue weighted by atomic mass is 16.2. The van der Waals surface area contributed by atoms with Crippen LogP contribution in [0.3, 0.4) is 0 Å². The molecule has 0 aliphatic rings. The van der Waals surface area contributed by atoms with Gasteiger partial charge in [-0.05, 0) is 37.5 Å². The van der Waals surface area contributed by atoms with Crippen molar-refractivity contribution in [1.29, 1.82) is 0 Å². The van der Waals surface area contributed by atoms with E-state index >= 15 is 0 Å². The predicted molar refractivity (Wildman–Crippen MR) is 113 cm³/mol. The van der Waals surface area contributed by atoms with E-state index in [0.717, 1.165) is 0 Å². The van der Waals surface area contributed by atoms with Crippen molar-refractivity contribution in [2.24, 2.45) is 17.6 Å². The summed E-state index contributed by atoms with van der Waals surface area (Å²) in [6, 6.07) is -2.99. The minimum Gasteiger partial charge on any atom is -0.352 e. The summed E-state index contributed by atoms with van der Waals surface area (Å²) in [7, 11) is 0. The standard InChI is InChI=1S/C20H37N5O5/c1-12(2)9-16(23-14(5)27)19(29)25-17(10-13(3)4)18(28)24-15(11-26)7-6-8-22-20(21)30/h11-13,15-17H,6-10H2,1-5H3,(H,23,27)(H,24,28)(H,25,29)(H3,21,22,30)/t15-,16-,17-/m0/s1. The molecule has 10 nitrogen and oxygen atoms in total. The van der Waals surface area contributed by atoms with Crippen molar-refractivity contribution in [3.8, 4) is 0 Å². The largest absolute Gasteiger partial charge is 0.352 e. The van der Waals surface area contributed by atoms with Crippen LogP contribution in [0.5, 0.6) is 0 Å². The molecule has 0 saturated heterocycles. The van der Waals surface area contributed by atoms with Crippen LogP contribution in [0, 0.1) is 11.8 Å². The monoisotopic (exact) mass is 427 g/mol. The third kappa shape index (κ3) is 12.7. The molecule has 0 aromatic heterocycles. The Morgan fingerprint density at radius 2 is 1.37 bits per heavy atom. The van der Waals surface area contributed by atoms with Crippen molar-refractivity contribution >= 4 is 30.0 Å². The molecule has 0 saturated carbocycles. The van der Waals surface area contributed by atoms with Gasteiger partial charge in [-0.1, -0.05) is 27.7 Å². The molecule has 0 fully saturated rings. The molecule has 0 unspecified atom stereocenters. The second-order valence-electron chi connectivity index (χ2n) is 8.26. The van der Waals surface area contributed by atoms with E-state index in [1.54, 1.807) is 0 Å². The van der Waals surface area contributed by atoms with Gasteiger partial charge in [-0.2, -0.15) is 0 Å². The van der Waals surface area contributed by atoms with E-state index in [1.807, 2.05) is 27.7 Å². The van der Waals surface area contributed by atoms with Crippen LogP contribution in [0.4, 0.5) is 4.79 Å². The van der Waals surface area contributed by atoms with Gasteiger partial charge < -0.3 is 31.8 Å². The Kier molecular flexibility index (Phi) is 13.1. The number of rotatable bonds is 14. The van der Waals surface area contributed by atoms with Crippen molar-refractivity contribution in [2.45, 2.75) is 78.4 Å². The maximum absolute atomic E-state index is 12.7. The minimum atomic E-state index is -0.841. The Morgan fingerprint density at radius 1 is 0.867 bits per heavy atom. The number of primary amides is 1. The summed E-state index contributed by atoms with van der Waals surface area (Å²) >= 11 is 0. The van der Waals surface area contributed by atoms with E-state index in [0.29, 0.717) is 32.0 Å². The van der Waals surface area contributed by atoms with Crippen molar-refractivity contribution in [1.82, 2.24) is 21.3 Å². The molecule has 30 heavy (non-hydrogen) atoms. The van der Waals surface area contributed by atoms with Crippen LogP contribution in [0.15, 0.2) is 0 Å². The Bertz CT molecular complexity index is 594. The first-order valence-electron chi connectivity index (χ1n) is 10.3. The normalized spacial score (nSPS) is 13.8. The van der Waals surface area contributed by atoms with Gasteiger partial charge in [0, 0.05) is 13.5 Å². The summed E-state index contributed by atoms with van der Waals surface area (Å²) in [5.74, 6) is -0.958. The molecule has 0 bridgehead atoms. The highest BCUT2D eigenvalue weighted by molar-refractivity contribution is 5.92. The number of nitrogens with two attached hydrogens (primary N) is 1. The van der Waals surface area contributed by atoms with Gasteiger partial charge in [0.15, 0.2) is 0 Å². The van der Waals surface area contributed by atoms with E-state index < -0.39 is 36.0 Å². The molecule has 0 spiro atoms. The van der Waals surface area contributed by atoms with Crippen LogP contribution < -0.4 is 27.0 Å². The SMILES string of the molecule is CC(=O)N[C@@H](CC(C)C)C(=O)N[C@@H](CC(C)C)C(=O)N[C@H](C=O)CCCNC(N)=O. The van der Waals surface area contributed by atoms with Gasteiger partial charge in [0.1, 0.15) is 18.4 Å². The van der Waals surface area contributed by atoms with Crippen molar-refractivity contribution in [3.05, 3.63) is 0 Å². The summed E-state index contributed by atoms with van der Waals surface area (Å²) < 4.78 is 0. The zero-order chi connectivity index (χ0) is 23.3. The first-order valence-corrected chi connectivity index (χ1v) is 10.3. The summed E-state index contributed by atoms with van der Waals surface area (Å²) in [6.07, 6.45) is 2.20. The maximum Gasteiger partial charge on any atom is 0.312 e. The number of aldehydes is 1. The van der Waals surface area contributed by atoms with Crippen molar-refractivity contribution < 1.29 is 24.0 Å². The molecule has 0 aliphatic carbocycles. The zero-order valence-electron chi connectivity index (χ0n) is 18.6. The average molecular weight is 428 g/mol. The minimum absolute atomic E-state index is 0.111. The van der Waals surface area contributed by atoms with Crippen molar-refractivity contribution in [3.63, 3.8) is 0 Å². The molecule has 0 aliphatic heterocycles. The third-order valence-electron chi connectivity index (χ3n) is 4.22. The number of amides is 5. The zero-order valence-corrected chi connectivity index (χ0v) is 18.6. The molecular formula is C20H37N5O5. The fraction of sp³-hybridized carbons (Fsp3) is 0.750. The lowest BCUT2D eigenvalue weighted by Crippen LogP contribution is -2.55. The lowest BCUT2D eigenvalue weighted by molar-refractivity contribution is -0.133. The lowest BCUT2D eigenvalue weighted by atomic mass is 9.99. The van der Waals surface area contributed by atoms with Gasteiger partial charge >= 0.3 is 6.03 Å². The van der Waals surface area contributed by atoms with Crippen LogP contribution in [-0.4, -0.2) is 54.7 Å². The van der Waals surface area contributed by atoms with Crippen LogP contribution in [0.2, 0.25) is 0 Å². The van der Waals surface area contributed by atoms with Gasteiger partial charge in [0.05, 0.1) is 6.04 Å². The van der Waals surface area contributed by atoms with Gasteiger partial charge in [-0.15, -0.1) is 0 Å². The third-order valence-corrected chi connectivity index (χ3v) is 4.22. The van der Waals surface area contributed by atoms with Crippen LogP contribution in [-0.2, 0) is 19.2 Å². The van der Waals surface area contributed by atoms with Gasteiger partial charge in [-0.25, -0.2) is 4.79 Å². The molecule has 0 aromatic carbocycles. The second-order valence-corrected chi connectivity index (χ2v) is 8.26. The number of hydrogen-bond donors (Lipinski definition) is 5. The van der Waals surface area contributed by atoms with E-state index in [2.05, 4.69) is 21.3 Å². The average Bonchev–Trinajstić information content (AvgIpc) is 2.61. The smallest absolute Gasteiger partial charge is 0.312 e. The molecule has 0 radical (unpaired) electrons. The van der Waals surface area contributed by atoms with Gasteiger partial charge in [0.25, 0.3) is 0 Å². The lowest BCUT2D eigenvalue weighted by Gasteiger charge is -2.25. The highest BCUT2D eigenvalue weighted by Gasteiger charge is 2.28. The molecule has 0 aromatic rings. The first kappa shape index (κ1) is 27.4. The van der Waals surface area contributed by atoms with Crippen LogP contribution in [0.1, 0.15) is 60.3 Å². The van der Waals surface area contributed by atoms with Gasteiger partial charge in [0.2, 0.25) is 17.7 Å². The summed E-state index contributed by atoms with van der Waals surface area (Å²) in [5.41, 5.74) is 4.98. The summed E-state index contributed by atoms with van der Waals surface area (Å²) in [4.78, 5) is 58.9. The molecular weight excluding hydrogens is 390 g/mol. The number of carbonyl (C=O) groups is 5. The molecule has 6 N–H and O–H groups in total. The van der Waals surface area contributed by atoms with Crippen LogP contribution >= 0.6 is 0 Å². The maximum atomic E-state index is 12.7. The molecule has 5 amide bonds. The molecule has 10 heteroatoms. The van der Waals surface area contributed by atoms with E-state index in [1.165, 1.54) is 6.92 Å². The van der Waals surface area contributed by atoms with E-state index in [-0.39, 0.29) is 24.3 Å².